The predicted octanol–water partition coefficient (Wildman–Crippen LogP) is 12.6. The van der Waals surface area contributed by atoms with E-state index in [1.807, 2.05) is 11.3 Å². The van der Waals surface area contributed by atoms with Gasteiger partial charge in [0.2, 0.25) is 0 Å². The SMILES string of the molecule is CC1(C)c2ccccc2-c2cc(-n3c4ccccc4c4c5c6ccccc6n(-c6cccc7c6sc6ccccc67)c5ccc43)ccc21. The molecule has 0 bridgehead atoms. The van der Waals surface area contributed by atoms with Crippen molar-refractivity contribution in [2.45, 2.75) is 19.3 Å². The molecule has 226 valence electrons. The average molecular weight is 631 g/mol. The summed E-state index contributed by atoms with van der Waals surface area (Å²) < 4.78 is 7.64. The smallest absolute Gasteiger partial charge is 0.0640 e. The van der Waals surface area contributed by atoms with Crippen molar-refractivity contribution in [1.29, 1.82) is 0 Å². The third kappa shape index (κ3) is 3.27. The second kappa shape index (κ2) is 9.25. The van der Waals surface area contributed by atoms with Crippen LogP contribution in [0, 0.1) is 0 Å². The molecule has 0 N–H and O–H groups in total. The normalized spacial score (nSPS) is 13.8. The maximum absolute atomic E-state index is 2.50. The Balaban J connectivity index is 1.25. The molecule has 10 aromatic rings. The summed E-state index contributed by atoms with van der Waals surface area (Å²) in [5.41, 5.74) is 12.8. The van der Waals surface area contributed by atoms with Gasteiger partial charge >= 0.3 is 0 Å². The van der Waals surface area contributed by atoms with Crippen LogP contribution in [0.1, 0.15) is 25.0 Å². The first-order valence-corrected chi connectivity index (χ1v) is 17.5. The molecule has 3 aromatic heterocycles. The van der Waals surface area contributed by atoms with Gasteiger partial charge in [0.05, 0.1) is 32.5 Å². The lowest BCUT2D eigenvalue weighted by Gasteiger charge is -2.21. The number of thiophene rings is 1. The highest BCUT2D eigenvalue weighted by atomic mass is 32.1. The van der Waals surface area contributed by atoms with Crippen LogP contribution in [0.2, 0.25) is 0 Å². The Hall–Kier alpha value is -5.64. The van der Waals surface area contributed by atoms with Crippen molar-refractivity contribution < 1.29 is 0 Å². The fourth-order valence-electron chi connectivity index (χ4n) is 8.81. The third-order valence-electron chi connectivity index (χ3n) is 10.9. The van der Waals surface area contributed by atoms with Crippen molar-refractivity contribution in [3.05, 3.63) is 157 Å². The van der Waals surface area contributed by atoms with Gasteiger partial charge in [0.1, 0.15) is 0 Å². The van der Waals surface area contributed by atoms with Crippen molar-refractivity contribution in [3.63, 3.8) is 0 Å². The summed E-state index contributed by atoms with van der Waals surface area (Å²) in [6.45, 7) is 4.70. The molecule has 2 nitrogen and oxygen atoms in total. The van der Waals surface area contributed by atoms with Crippen LogP contribution in [0.4, 0.5) is 0 Å². The summed E-state index contributed by atoms with van der Waals surface area (Å²) in [6.07, 6.45) is 0. The molecule has 0 unspecified atom stereocenters. The Kier molecular flexibility index (Phi) is 5.09. The van der Waals surface area contributed by atoms with Crippen LogP contribution in [0.25, 0.3) is 86.3 Å². The second-order valence-electron chi connectivity index (χ2n) is 13.7. The lowest BCUT2D eigenvalue weighted by Crippen LogP contribution is -2.14. The van der Waals surface area contributed by atoms with Crippen LogP contribution in [-0.4, -0.2) is 9.13 Å². The number of fused-ring (bicyclic) bond motifs is 13. The first-order chi connectivity index (χ1) is 23.6. The van der Waals surface area contributed by atoms with Crippen molar-refractivity contribution in [2.24, 2.45) is 0 Å². The zero-order chi connectivity index (χ0) is 31.7. The number of hydrogen-bond donors (Lipinski definition) is 0. The molecule has 7 aromatic carbocycles. The topological polar surface area (TPSA) is 9.86 Å². The van der Waals surface area contributed by atoms with Gasteiger partial charge in [0, 0.05) is 48.1 Å². The van der Waals surface area contributed by atoms with E-state index in [1.165, 1.54) is 97.4 Å². The Morgan fingerprint density at radius 1 is 0.458 bits per heavy atom. The molecule has 0 fully saturated rings. The van der Waals surface area contributed by atoms with Crippen LogP contribution in [0.5, 0.6) is 0 Å². The van der Waals surface area contributed by atoms with Gasteiger partial charge in [-0.05, 0) is 70.8 Å². The lowest BCUT2D eigenvalue weighted by molar-refractivity contribution is 0.660. The number of hydrogen-bond acceptors (Lipinski definition) is 1. The Morgan fingerprint density at radius 2 is 1.06 bits per heavy atom. The summed E-state index contributed by atoms with van der Waals surface area (Å²) in [4.78, 5) is 0. The molecule has 11 rings (SSSR count). The van der Waals surface area contributed by atoms with E-state index in [2.05, 4.69) is 169 Å². The summed E-state index contributed by atoms with van der Waals surface area (Å²) in [6, 6.07) is 54.2. The minimum atomic E-state index is -0.0173. The molecule has 48 heavy (non-hydrogen) atoms. The molecular formula is C45H30N2S. The number of nitrogens with zero attached hydrogens (tertiary/aromatic N) is 2. The number of rotatable bonds is 2. The maximum atomic E-state index is 2.50. The van der Waals surface area contributed by atoms with Crippen LogP contribution in [0.3, 0.4) is 0 Å². The monoisotopic (exact) mass is 630 g/mol. The zero-order valence-electron chi connectivity index (χ0n) is 26.7. The largest absolute Gasteiger partial charge is 0.309 e. The molecule has 3 heterocycles. The number of para-hydroxylation sites is 2. The van der Waals surface area contributed by atoms with Gasteiger partial charge in [-0.2, -0.15) is 0 Å². The molecular weight excluding hydrogens is 601 g/mol. The van der Waals surface area contributed by atoms with Gasteiger partial charge in [-0.1, -0.05) is 111 Å². The molecule has 0 amide bonds. The Morgan fingerprint density at radius 3 is 1.85 bits per heavy atom. The fourth-order valence-corrected chi connectivity index (χ4v) is 10.0. The van der Waals surface area contributed by atoms with E-state index < -0.39 is 0 Å². The van der Waals surface area contributed by atoms with E-state index >= 15 is 0 Å². The van der Waals surface area contributed by atoms with E-state index in [4.69, 9.17) is 0 Å². The number of benzene rings is 7. The third-order valence-corrected chi connectivity index (χ3v) is 12.1. The van der Waals surface area contributed by atoms with Gasteiger partial charge in [0.15, 0.2) is 0 Å². The van der Waals surface area contributed by atoms with Gasteiger partial charge in [-0.15, -0.1) is 11.3 Å². The summed E-state index contributed by atoms with van der Waals surface area (Å²) in [5.74, 6) is 0. The summed E-state index contributed by atoms with van der Waals surface area (Å²) in [7, 11) is 0. The van der Waals surface area contributed by atoms with E-state index in [9.17, 15) is 0 Å². The van der Waals surface area contributed by atoms with Gasteiger partial charge in [0.25, 0.3) is 0 Å². The Bertz CT molecular complexity index is 2980. The fraction of sp³-hybridized carbons (Fsp3) is 0.0667. The minimum absolute atomic E-state index is 0.0173. The highest BCUT2D eigenvalue weighted by Gasteiger charge is 2.35. The van der Waals surface area contributed by atoms with Crippen molar-refractivity contribution in [1.82, 2.24) is 9.13 Å². The molecule has 3 heteroatoms. The van der Waals surface area contributed by atoms with E-state index in [1.54, 1.807) is 0 Å². The molecule has 0 aliphatic heterocycles. The minimum Gasteiger partial charge on any atom is -0.309 e. The average Bonchev–Trinajstić information content (AvgIpc) is 3.84. The van der Waals surface area contributed by atoms with Crippen LogP contribution >= 0.6 is 11.3 Å². The molecule has 1 aliphatic rings. The summed E-state index contributed by atoms with van der Waals surface area (Å²) in [5, 5.41) is 7.82. The molecule has 0 saturated heterocycles. The molecule has 0 radical (unpaired) electrons. The highest BCUT2D eigenvalue weighted by molar-refractivity contribution is 7.26. The van der Waals surface area contributed by atoms with E-state index in [0.29, 0.717) is 0 Å². The molecule has 1 aliphatic carbocycles. The second-order valence-corrected chi connectivity index (χ2v) is 14.8. The Labute approximate surface area is 281 Å². The number of aromatic nitrogens is 2. The highest BCUT2D eigenvalue weighted by Crippen LogP contribution is 2.50. The quantitative estimate of drug-likeness (QED) is 0.180. The maximum Gasteiger partial charge on any atom is 0.0640 e. The van der Waals surface area contributed by atoms with Crippen molar-refractivity contribution >= 4 is 75.1 Å². The van der Waals surface area contributed by atoms with Crippen LogP contribution < -0.4 is 0 Å². The van der Waals surface area contributed by atoms with E-state index in [-0.39, 0.29) is 5.41 Å². The van der Waals surface area contributed by atoms with E-state index in [0.717, 1.165) is 0 Å². The van der Waals surface area contributed by atoms with Crippen molar-refractivity contribution in [2.75, 3.05) is 0 Å². The van der Waals surface area contributed by atoms with Gasteiger partial charge < -0.3 is 9.13 Å². The molecule has 0 saturated carbocycles. The van der Waals surface area contributed by atoms with Crippen LogP contribution in [-0.2, 0) is 5.41 Å². The van der Waals surface area contributed by atoms with Crippen molar-refractivity contribution in [3.8, 4) is 22.5 Å². The molecule has 0 atom stereocenters. The zero-order valence-corrected chi connectivity index (χ0v) is 27.5. The van der Waals surface area contributed by atoms with Crippen LogP contribution in [0.15, 0.2) is 146 Å². The lowest BCUT2D eigenvalue weighted by atomic mass is 9.82. The first kappa shape index (κ1) is 26.4. The van der Waals surface area contributed by atoms with Gasteiger partial charge in [-0.25, -0.2) is 0 Å². The molecule has 0 spiro atoms. The first-order valence-electron chi connectivity index (χ1n) is 16.7. The summed E-state index contributed by atoms with van der Waals surface area (Å²) >= 11 is 1.89. The standard InChI is InChI=1S/C45H30N2S/c1-45(2)34-17-7-3-12-28(34)33-26-27(22-23-35(33)45)46-36-18-8-4-14-31(36)42-38(46)24-25-39-43(42)32-15-5-9-19-37(32)47(39)40-20-11-16-30-29-13-6-10-21-41(29)48-44(30)40/h3-26H,1-2H3. The van der Waals surface area contributed by atoms with Gasteiger partial charge in [-0.3, -0.25) is 0 Å². The predicted molar refractivity (Wildman–Crippen MR) is 206 cm³/mol.